The number of rotatable bonds is 9. The first-order valence-corrected chi connectivity index (χ1v) is 11.7. The van der Waals surface area contributed by atoms with Gasteiger partial charge in [-0.2, -0.15) is 0 Å². The number of amides is 2. The molecule has 170 valence electrons. The van der Waals surface area contributed by atoms with Crippen molar-refractivity contribution in [3.05, 3.63) is 59.7 Å². The van der Waals surface area contributed by atoms with E-state index in [-0.39, 0.29) is 24.3 Å². The van der Waals surface area contributed by atoms with Crippen molar-refractivity contribution in [2.24, 2.45) is 5.92 Å². The minimum Gasteiger partial charge on any atom is -0.484 e. The predicted molar refractivity (Wildman–Crippen MR) is 125 cm³/mol. The highest BCUT2D eigenvalue weighted by Crippen LogP contribution is 2.30. The molecule has 4 rings (SSSR count). The largest absolute Gasteiger partial charge is 0.484 e. The molecule has 1 atom stereocenters. The lowest BCUT2D eigenvalue weighted by Gasteiger charge is -2.33. The van der Waals surface area contributed by atoms with E-state index in [1.165, 1.54) is 31.4 Å². The summed E-state index contributed by atoms with van der Waals surface area (Å²) in [6, 6.07) is 16.3. The molecule has 2 aromatic carbocycles. The van der Waals surface area contributed by atoms with Gasteiger partial charge >= 0.3 is 0 Å². The molecule has 2 amide bonds. The number of nitrogens with one attached hydrogen (secondary N) is 2. The van der Waals surface area contributed by atoms with Crippen LogP contribution in [0.5, 0.6) is 5.75 Å². The SMILES string of the molecule is CC1CCCCN1Cc1ccc(CNC(=O)COc2cccc(NC(=O)C3CC3)c2)cc1. The number of anilines is 1. The Balaban J connectivity index is 1.19. The van der Waals surface area contributed by atoms with Crippen molar-refractivity contribution in [3.63, 3.8) is 0 Å². The van der Waals surface area contributed by atoms with Gasteiger partial charge in [0.1, 0.15) is 5.75 Å². The Hall–Kier alpha value is -2.86. The molecular formula is C26H33N3O3. The summed E-state index contributed by atoms with van der Waals surface area (Å²) in [5.41, 5.74) is 3.07. The van der Waals surface area contributed by atoms with Gasteiger partial charge in [0, 0.05) is 36.8 Å². The number of hydrogen-bond acceptors (Lipinski definition) is 4. The van der Waals surface area contributed by atoms with Crippen molar-refractivity contribution in [1.82, 2.24) is 10.2 Å². The number of likely N-dealkylation sites (tertiary alicyclic amines) is 1. The van der Waals surface area contributed by atoms with Gasteiger partial charge in [-0.05, 0) is 62.4 Å². The normalized spacial score (nSPS) is 18.7. The molecule has 1 heterocycles. The highest BCUT2D eigenvalue weighted by Gasteiger charge is 2.29. The highest BCUT2D eigenvalue weighted by atomic mass is 16.5. The van der Waals surface area contributed by atoms with E-state index in [0.29, 0.717) is 24.0 Å². The second-order valence-corrected chi connectivity index (χ2v) is 8.99. The highest BCUT2D eigenvalue weighted by molar-refractivity contribution is 5.94. The van der Waals surface area contributed by atoms with Gasteiger partial charge in [-0.3, -0.25) is 14.5 Å². The molecule has 0 bridgehead atoms. The summed E-state index contributed by atoms with van der Waals surface area (Å²) in [5.74, 6) is 0.581. The zero-order valence-corrected chi connectivity index (χ0v) is 18.8. The number of benzene rings is 2. The number of carbonyl (C=O) groups is 2. The molecule has 1 saturated heterocycles. The molecule has 2 aliphatic rings. The molecule has 2 aromatic rings. The van der Waals surface area contributed by atoms with Crippen LogP contribution in [0.3, 0.4) is 0 Å². The van der Waals surface area contributed by atoms with E-state index < -0.39 is 0 Å². The van der Waals surface area contributed by atoms with Gasteiger partial charge in [0.25, 0.3) is 5.91 Å². The minimum absolute atomic E-state index is 0.0522. The van der Waals surface area contributed by atoms with Crippen LogP contribution >= 0.6 is 0 Å². The number of nitrogens with zero attached hydrogens (tertiary/aromatic N) is 1. The third-order valence-corrected chi connectivity index (χ3v) is 6.26. The zero-order valence-electron chi connectivity index (χ0n) is 18.8. The van der Waals surface area contributed by atoms with Gasteiger partial charge in [0.15, 0.2) is 6.61 Å². The molecule has 2 fully saturated rings. The van der Waals surface area contributed by atoms with Gasteiger partial charge in [0.2, 0.25) is 5.91 Å². The van der Waals surface area contributed by atoms with Crippen molar-refractivity contribution in [2.75, 3.05) is 18.5 Å². The first-order chi connectivity index (χ1) is 15.6. The van der Waals surface area contributed by atoms with Crippen LogP contribution in [0, 0.1) is 5.92 Å². The van der Waals surface area contributed by atoms with E-state index in [1.54, 1.807) is 12.1 Å². The molecule has 6 heteroatoms. The van der Waals surface area contributed by atoms with Gasteiger partial charge in [-0.15, -0.1) is 0 Å². The molecular weight excluding hydrogens is 402 g/mol. The summed E-state index contributed by atoms with van der Waals surface area (Å²) in [6.07, 6.45) is 5.83. The Morgan fingerprint density at radius 1 is 1.03 bits per heavy atom. The third-order valence-electron chi connectivity index (χ3n) is 6.26. The lowest BCUT2D eigenvalue weighted by molar-refractivity contribution is -0.123. The van der Waals surface area contributed by atoms with E-state index in [1.807, 2.05) is 12.1 Å². The van der Waals surface area contributed by atoms with Crippen LogP contribution in [0.4, 0.5) is 5.69 Å². The Kier molecular flexibility index (Phi) is 7.43. The van der Waals surface area contributed by atoms with Crippen LogP contribution in [0.2, 0.25) is 0 Å². The number of ether oxygens (including phenoxy) is 1. The summed E-state index contributed by atoms with van der Waals surface area (Å²) in [4.78, 5) is 26.6. The van der Waals surface area contributed by atoms with Gasteiger partial charge in [-0.1, -0.05) is 36.8 Å². The van der Waals surface area contributed by atoms with E-state index in [9.17, 15) is 9.59 Å². The monoisotopic (exact) mass is 435 g/mol. The summed E-state index contributed by atoms with van der Waals surface area (Å²) in [5, 5.41) is 5.79. The van der Waals surface area contributed by atoms with Crippen molar-refractivity contribution in [3.8, 4) is 5.75 Å². The predicted octanol–water partition coefficient (Wildman–Crippen LogP) is 4.10. The molecule has 0 spiro atoms. The molecule has 1 saturated carbocycles. The Labute approximate surface area is 190 Å². The molecule has 0 aromatic heterocycles. The lowest BCUT2D eigenvalue weighted by Crippen LogP contribution is -2.36. The van der Waals surface area contributed by atoms with Crippen LogP contribution in [0.25, 0.3) is 0 Å². The smallest absolute Gasteiger partial charge is 0.258 e. The zero-order chi connectivity index (χ0) is 22.3. The van der Waals surface area contributed by atoms with Crippen LogP contribution in [-0.2, 0) is 22.7 Å². The average Bonchev–Trinajstić information content (AvgIpc) is 3.65. The molecule has 32 heavy (non-hydrogen) atoms. The van der Waals surface area contributed by atoms with Gasteiger partial charge in [0.05, 0.1) is 0 Å². The van der Waals surface area contributed by atoms with Crippen molar-refractivity contribution < 1.29 is 14.3 Å². The van der Waals surface area contributed by atoms with E-state index in [2.05, 4.69) is 46.7 Å². The summed E-state index contributed by atoms with van der Waals surface area (Å²) >= 11 is 0. The summed E-state index contributed by atoms with van der Waals surface area (Å²) < 4.78 is 5.60. The Bertz CT molecular complexity index is 924. The van der Waals surface area contributed by atoms with Crippen LogP contribution in [0.1, 0.15) is 50.2 Å². The van der Waals surface area contributed by atoms with Crippen molar-refractivity contribution in [1.29, 1.82) is 0 Å². The fraction of sp³-hybridized carbons (Fsp3) is 0.462. The molecule has 1 aliphatic carbocycles. The van der Waals surface area contributed by atoms with E-state index in [0.717, 1.165) is 24.9 Å². The van der Waals surface area contributed by atoms with Crippen LogP contribution < -0.4 is 15.4 Å². The Morgan fingerprint density at radius 3 is 2.56 bits per heavy atom. The topological polar surface area (TPSA) is 70.7 Å². The van der Waals surface area contributed by atoms with Crippen molar-refractivity contribution >= 4 is 17.5 Å². The van der Waals surface area contributed by atoms with Gasteiger partial charge < -0.3 is 15.4 Å². The molecule has 6 nitrogen and oxygen atoms in total. The maximum Gasteiger partial charge on any atom is 0.258 e. The molecule has 1 aliphatic heterocycles. The lowest BCUT2D eigenvalue weighted by atomic mass is 10.0. The van der Waals surface area contributed by atoms with E-state index in [4.69, 9.17) is 4.74 Å². The minimum atomic E-state index is -0.177. The first kappa shape index (κ1) is 22.3. The van der Waals surface area contributed by atoms with E-state index >= 15 is 0 Å². The summed E-state index contributed by atoms with van der Waals surface area (Å²) in [7, 11) is 0. The number of hydrogen-bond donors (Lipinski definition) is 2. The molecule has 2 N–H and O–H groups in total. The molecule has 1 unspecified atom stereocenters. The standard InChI is InChI=1S/C26H33N3O3/c1-19-5-2-3-14-29(19)17-21-10-8-20(9-11-21)16-27-25(30)18-32-24-7-4-6-23(15-24)28-26(31)22-12-13-22/h4,6-11,15,19,22H,2-3,5,12-14,16-18H2,1H3,(H,27,30)(H,28,31). The fourth-order valence-electron chi connectivity index (χ4n) is 4.04. The molecule has 0 radical (unpaired) electrons. The first-order valence-electron chi connectivity index (χ1n) is 11.7. The average molecular weight is 436 g/mol. The van der Waals surface area contributed by atoms with Gasteiger partial charge in [-0.25, -0.2) is 0 Å². The van der Waals surface area contributed by atoms with Crippen LogP contribution in [0.15, 0.2) is 48.5 Å². The maximum absolute atomic E-state index is 12.2. The second kappa shape index (κ2) is 10.6. The fourth-order valence-corrected chi connectivity index (χ4v) is 4.04. The Morgan fingerprint density at radius 2 is 1.81 bits per heavy atom. The number of piperidine rings is 1. The third kappa shape index (κ3) is 6.57. The maximum atomic E-state index is 12.2. The second-order valence-electron chi connectivity index (χ2n) is 8.99. The summed E-state index contributed by atoms with van der Waals surface area (Å²) in [6.45, 7) is 4.88. The van der Waals surface area contributed by atoms with Crippen molar-refractivity contribution in [2.45, 2.75) is 58.2 Å². The quantitative estimate of drug-likeness (QED) is 0.622. The van der Waals surface area contributed by atoms with Crippen LogP contribution in [-0.4, -0.2) is 35.9 Å². The number of carbonyl (C=O) groups excluding carboxylic acids is 2.